The van der Waals surface area contributed by atoms with Gasteiger partial charge in [0.15, 0.2) is 17.5 Å². The SMILES string of the molecule is c1ccc(-c2ccccc2-c2nc(-c3cccc(-c4ccc5sc6ccccc6c5c4)c3)nc(-c3cccc4c3sc3ccccc34)n2)cc1. The van der Waals surface area contributed by atoms with Gasteiger partial charge in [-0.05, 0) is 58.7 Å². The lowest BCUT2D eigenvalue weighted by molar-refractivity contribution is 1.08. The average molecular weight is 674 g/mol. The zero-order chi connectivity index (χ0) is 33.0. The van der Waals surface area contributed by atoms with Crippen LogP contribution in [0.5, 0.6) is 0 Å². The van der Waals surface area contributed by atoms with Crippen LogP contribution >= 0.6 is 22.7 Å². The minimum atomic E-state index is 0.648. The lowest BCUT2D eigenvalue weighted by Crippen LogP contribution is -2.01. The van der Waals surface area contributed by atoms with E-state index >= 15 is 0 Å². The molecule has 234 valence electrons. The van der Waals surface area contributed by atoms with Crippen LogP contribution in [0.15, 0.2) is 164 Å². The molecule has 0 aliphatic rings. The highest BCUT2D eigenvalue weighted by Crippen LogP contribution is 2.41. The van der Waals surface area contributed by atoms with Crippen LogP contribution in [0.25, 0.3) is 96.8 Å². The third kappa shape index (κ3) is 4.90. The Kier molecular flexibility index (Phi) is 6.86. The molecule has 3 heterocycles. The summed E-state index contributed by atoms with van der Waals surface area (Å²) >= 11 is 3.63. The summed E-state index contributed by atoms with van der Waals surface area (Å²) in [4.78, 5) is 15.7. The summed E-state index contributed by atoms with van der Waals surface area (Å²) in [5.41, 5.74) is 7.43. The van der Waals surface area contributed by atoms with Crippen LogP contribution in [-0.4, -0.2) is 15.0 Å². The quantitative estimate of drug-likeness (QED) is 0.182. The highest BCUT2D eigenvalue weighted by molar-refractivity contribution is 7.26. The van der Waals surface area contributed by atoms with Gasteiger partial charge in [0.1, 0.15) is 0 Å². The molecule has 0 radical (unpaired) electrons. The molecule has 0 bridgehead atoms. The zero-order valence-corrected chi connectivity index (χ0v) is 28.4. The van der Waals surface area contributed by atoms with Gasteiger partial charge in [0.2, 0.25) is 0 Å². The van der Waals surface area contributed by atoms with E-state index in [9.17, 15) is 0 Å². The first-order valence-corrected chi connectivity index (χ1v) is 18.2. The lowest BCUT2D eigenvalue weighted by atomic mass is 9.99. The third-order valence-corrected chi connectivity index (χ3v) is 11.7. The Morgan fingerprint density at radius 2 is 0.840 bits per heavy atom. The summed E-state index contributed by atoms with van der Waals surface area (Å²) in [6, 6.07) is 57.9. The van der Waals surface area contributed by atoms with Gasteiger partial charge < -0.3 is 0 Å². The number of aromatic nitrogens is 3. The summed E-state index contributed by atoms with van der Waals surface area (Å²) in [6.45, 7) is 0. The molecule has 3 nitrogen and oxygen atoms in total. The molecular weight excluding hydrogens is 647 g/mol. The van der Waals surface area contributed by atoms with Gasteiger partial charge in [-0.1, -0.05) is 127 Å². The number of benzene rings is 7. The molecule has 0 fully saturated rings. The Balaban J connectivity index is 1.18. The van der Waals surface area contributed by atoms with E-state index in [1.54, 1.807) is 11.3 Å². The molecule has 0 spiro atoms. The van der Waals surface area contributed by atoms with Crippen molar-refractivity contribution in [2.75, 3.05) is 0 Å². The van der Waals surface area contributed by atoms with E-state index in [2.05, 4.69) is 158 Å². The maximum absolute atomic E-state index is 5.23. The first-order chi connectivity index (χ1) is 24.8. The first-order valence-electron chi connectivity index (χ1n) is 16.6. The van der Waals surface area contributed by atoms with Gasteiger partial charge in [-0.15, -0.1) is 22.7 Å². The second-order valence-corrected chi connectivity index (χ2v) is 14.5. The summed E-state index contributed by atoms with van der Waals surface area (Å²) in [7, 11) is 0. The van der Waals surface area contributed by atoms with Crippen LogP contribution in [0.3, 0.4) is 0 Å². The molecule has 0 atom stereocenters. The molecule has 0 aliphatic carbocycles. The van der Waals surface area contributed by atoms with E-state index in [1.807, 2.05) is 17.4 Å². The van der Waals surface area contributed by atoms with Crippen molar-refractivity contribution in [2.24, 2.45) is 0 Å². The van der Waals surface area contributed by atoms with E-state index < -0.39 is 0 Å². The minimum absolute atomic E-state index is 0.648. The lowest BCUT2D eigenvalue weighted by Gasteiger charge is -2.13. The number of nitrogens with zero attached hydrogens (tertiary/aromatic N) is 3. The van der Waals surface area contributed by atoms with E-state index in [4.69, 9.17) is 15.0 Å². The van der Waals surface area contributed by atoms with Gasteiger partial charge in [0, 0.05) is 57.0 Å². The van der Waals surface area contributed by atoms with Crippen molar-refractivity contribution in [1.82, 2.24) is 15.0 Å². The Labute approximate surface area is 296 Å². The molecule has 0 saturated carbocycles. The van der Waals surface area contributed by atoms with Gasteiger partial charge in [0.25, 0.3) is 0 Å². The summed E-state index contributed by atoms with van der Waals surface area (Å²) in [5.74, 6) is 1.97. The Morgan fingerprint density at radius 3 is 1.68 bits per heavy atom. The third-order valence-electron chi connectivity index (χ3n) is 9.36. The fraction of sp³-hybridized carbons (Fsp3) is 0. The van der Waals surface area contributed by atoms with E-state index in [0.29, 0.717) is 17.5 Å². The standard InChI is InChI=1S/C45H27N3S2/c1-2-12-28(13-3-1)32-16-4-5-19-36(32)44-46-43(47-45(48-44)37-21-11-20-35-33-17-6-9-23-40(33)50-42(35)37)31-15-10-14-29(26-31)30-24-25-41-38(27-30)34-18-7-8-22-39(34)49-41/h1-27H. The molecule has 50 heavy (non-hydrogen) atoms. The Bertz CT molecular complexity index is 2890. The molecule has 0 amide bonds. The van der Waals surface area contributed by atoms with Crippen molar-refractivity contribution >= 4 is 63.0 Å². The van der Waals surface area contributed by atoms with Crippen LogP contribution in [0.1, 0.15) is 0 Å². The maximum atomic E-state index is 5.23. The fourth-order valence-corrected chi connectivity index (χ4v) is 9.26. The normalized spacial score (nSPS) is 11.6. The smallest absolute Gasteiger partial charge is 0.165 e. The molecular formula is C45H27N3S2. The molecule has 0 unspecified atom stereocenters. The monoisotopic (exact) mass is 673 g/mol. The molecule has 10 rings (SSSR count). The molecule has 0 N–H and O–H groups in total. The van der Waals surface area contributed by atoms with Gasteiger partial charge in [-0.25, -0.2) is 15.0 Å². The van der Waals surface area contributed by atoms with Gasteiger partial charge in [0.05, 0.1) is 0 Å². The number of rotatable bonds is 5. The van der Waals surface area contributed by atoms with Gasteiger partial charge in [-0.2, -0.15) is 0 Å². The molecule has 0 aliphatic heterocycles. The molecule has 5 heteroatoms. The topological polar surface area (TPSA) is 38.7 Å². The Hall–Kier alpha value is -6.01. The van der Waals surface area contributed by atoms with Crippen LogP contribution in [-0.2, 0) is 0 Å². The van der Waals surface area contributed by atoms with E-state index in [0.717, 1.165) is 33.4 Å². The summed E-state index contributed by atoms with van der Waals surface area (Å²) in [6.07, 6.45) is 0. The molecule has 7 aromatic carbocycles. The van der Waals surface area contributed by atoms with Crippen molar-refractivity contribution < 1.29 is 0 Å². The van der Waals surface area contributed by atoms with Crippen molar-refractivity contribution in [2.45, 2.75) is 0 Å². The highest BCUT2D eigenvalue weighted by atomic mass is 32.1. The first kappa shape index (κ1) is 29.0. The predicted octanol–water partition coefficient (Wildman–Crippen LogP) is 12.9. The van der Waals surface area contributed by atoms with Crippen molar-refractivity contribution in [3.05, 3.63) is 164 Å². The molecule has 0 saturated heterocycles. The minimum Gasteiger partial charge on any atom is -0.208 e. The predicted molar refractivity (Wildman–Crippen MR) is 213 cm³/mol. The summed E-state index contributed by atoms with van der Waals surface area (Å²) < 4.78 is 5.04. The van der Waals surface area contributed by atoms with Crippen LogP contribution in [0.4, 0.5) is 0 Å². The maximum Gasteiger partial charge on any atom is 0.165 e. The second kappa shape index (κ2) is 11.8. The highest BCUT2D eigenvalue weighted by Gasteiger charge is 2.19. The Morgan fingerprint density at radius 1 is 0.300 bits per heavy atom. The second-order valence-electron chi connectivity index (χ2n) is 12.4. The number of hydrogen-bond donors (Lipinski definition) is 0. The van der Waals surface area contributed by atoms with Gasteiger partial charge >= 0.3 is 0 Å². The van der Waals surface area contributed by atoms with Crippen LogP contribution in [0.2, 0.25) is 0 Å². The average Bonchev–Trinajstić information content (AvgIpc) is 3.76. The van der Waals surface area contributed by atoms with Crippen molar-refractivity contribution in [3.8, 4) is 56.4 Å². The van der Waals surface area contributed by atoms with Crippen LogP contribution in [0, 0.1) is 0 Å². The van der Waals surface area contributed by atoms with E-state index in [-0.39, 0.29) is 0 Å². The zero-order valence-electron chi connectivity index (χ0n) is 26.7. The van der Waals surface area contributed by atoms with E-state index in [1.165, 1.54) is 45.9 Å². The molecule has 10 aromatic rings. The van der Waals surface area contributed by atoms with Crippen LogP contribution < -0.4 is 0 Å². The van der Waals surface area contributed by atoms with Gasteiger partial charge in [-0.3, -0.25) is 0 Å². The molecule has 3 aromatic heterocycles. The number of thiophene rings is 2. The number of hydrogen-bond acceptors (Lipinski definition) is 5. The largest absolute Gasteiger partial charge is 0.208 e. The fourth-order valence-electron chi connectivity index (χ4n) is 6.96. The number of fused-ring (bicyclic) bond motifs is 6. The van der Waals surface area contributed by atoms with Crippen molar-refractivity contribution in [3.63, 3.8) is 0 Å². The van der Waals surface area contributed by atoms with Crippen molar-refractivity contribution in [1.29, 1.82) is 0 Å². The summed E-state index contributed by atoms with van der Waals surface area (Å²) in [5, 5.41) is 5.05.